The van der Waals surface area contributed by atoms with Crippen molar-refractivity contribution < 1.29 is 17.0 Å². The zero-order chi connectivity index (χ0) is 28.3. The van der Waals surface area contributed by atoms with Crippen LogP contribution in [0.3, 0.4) is 0 Å². The Morgan fingerprint density at radius 3 is 2.57 bits per heavy atom. The quantitative estimate of drug-likeness (QED) is 0.126. The van der Waals surface area contributed by atoms with Crippen LogP contribution in [0, 0.1) is 46.3 Å². The fourth-order valence-electron chi connectivity index (χ4n) is 9.32. The molecular formula is C33H57ClO3. The molecule has 0 radical (unpaired) electrons. The van der Waals surface area contributed by atoms with Gasteiger partial charge < -0.3 is 14.2 Å². The maximum absolute atomic E-state index is 8.18. The largest absolute Gasteiger partial charge is 0.378 e. The van der Waals surface area contributed by atoms with Gasteiger partial charge in [0, 0.05) is 5.88 Å². The number of fused-ring (bicyclic) bond motifs is 5. The van der Waals surface area contributed by atoms with Crippen LogP contribution in [-0.2, 0) is 14.2 Å². The first-order valence-corrected chi connectivity index (χ1v) is 16.1. The summed E-state index contributed by atoms with van der Waals surface area (Å²) in [5.41, 5.74) is 2.41. The van der Waals surface area contributed by atoms with Crippen LogP contribution in [0.5, 0.6) is 0 Å². The van der Waals surface area contributed by atoms with Crippen molar-refractivity contribution in [2.75, 3.05) is 38.9 Å². The SMILES string of the molecule is [2H]C([2H])(CO[C@H]1CC[C@@]2(C)C(=CC[C@H]3[C@@H]4CC[C@H]([C@H](C)CCCC(C)C)[C@@]4(C)CC[C@@H]32)C1)OCCOCCCl. The smallest absolute Gasteiger partial charge is 0.0704 e. The van der Waals surface area contributed by atoms with Crippen molar-refractivity contribution in [3.63, 3.8) is 0 Å². The Labute approximate surface area is 236 Å². The fourth-order valence-corrected chi connectivity index (χ4v) is 9.43. The molecule has 3 fully saturated rings. The number of hydrogen-bond donors (Lipinski definition) is 0. The molecule has 4 rings (SSSR count). The molecule has 0 spiro atoms. The molecule has 4 aliphatic rings. The normalized spacial score (nSPS) is 39.3. The van der Waals surface area contributed by atoms with Crippen molar-refractivity contribution in [3.8, 4) is 0 Å². The number of ether oxygens (including phenoxy) is 3. The van der Waals surface area contributed by atoms with E-state index in [1.807, 2.05) is 0 Å². The zero-order valence-corrected chi connectivity index (χ0v) is 25.3. The van der Waals surface area contributed by atoms with E-state index in [-0.39, 0.29) is 19.3 Å². The highest BCUT2D eigenvalue weighted by Crippen LogP contribution is 2.67. The third-order valence-electron chi connectivity index (χ3n) is 11.3. The van der Waals surface area contributed by atoms with Crippen molar-refractivity contribution in [2.24, 2.45) is 46.3 Å². The maximum atomic E-state index is 8.18. The number of hydrogen-bond acceptors (Lipinski definition) is 3. The van der Waals surface area contributed by atoms with Gasteiger partial charge in [-0.25, -0.2) is 0 Å². The Balaban J connectivity index is 1.32. The molecule has 0 N–H and O–H groups in total. The first-order chi connectivity index (χ1) is 18.5. The Morgan fingerprint density at radius 2 is 1.78 bits per heavy atom. The second-order valence-corrected chi connectivity index (χ2v) is 14.1. The van der Waals surface area contributed by atoms with Crippen molar-refractivity contribution in [1.29, 1.82) is 0 Å². The van der Waals surface area contributed by atoms with Crippen LogP contribution in [0.2, 0.25) is 0 Å². The molecule has 0 saturated heterocycles. The number of alkyl halides is 1. The second-order valence-electron chi connectivity index (χ2n) is 13.8. The predicted octanol–water partition coefficient (Wildman–Crippen LogP) is 8.69. The molecule has 0 aliphatic heterocycles. The van der Waals surface area contributed by atoms with E-state index in [0.717, 1.165) is 48.3 Å². The lowest BCUT2D eigenvalue weighted by atomic mass is 9.47. The Kier molecular flexibility index (Phi) is 9.90. The average molecular weight is 539 g/mol. The minimum atomic E-state index is -1.80. The molecule has 37 heavy (non-hydrogen) atoms. The van der Waals surface area contributed by atoms with Crippen LogP contribution in [0.1, 0.15) is 108 Å². The molecule has 4 heteroatoms. The third-order valence-corrected chi connectivity index (χ3v) is 11.4. The van der Waals surface area contributed by atoms with Gasteiger partial charge in [-0.3, -0.25) is 0 Å². The number of rotatable bonds is 14. The van der Waals surface area contributed by atoms with E-state index < -0.39 is 6.56 Å². The molecule has 0 aromatic rings. The summed E-state index contributed by atoms with van der Waals surface area (Å²) in [5, 5.41) is 0. The zero-order valence-electron chi connectivity index (χ0n) is 26.5. The van der Waals surface area contributed by atoms with Gasteiger partial charge in [-0.2, -0.15) is 0 Å². The van der Waals surface area contributed by atoms with E-state index in [9.17, 15) is 0 Å². The van der Waals surface area contributed by atoms with E-state index >= 15 is 0 Å². The topological polar surface area (TPSA) is 27.7 Å². The standard InChI is InChI=1S/C33H57ClO3/c1-24(2)7-6-8-25(3)29-11-12-30-28-10-9-26-23-27(37-22-21-36-20-19-35-18-17-34)13-15-32(26,4)31(28)14-16-33(29,30)5/h9,24-25,27-31H,6-8,10-23H2,1-5H3/t25-,27+,28+,29-,30+,31+,32+,33-/m1/s1/i21D2. The van der Waals surface area contributed by atoms with Crippen LogP contribution < -0.4 is 0 Å². The lowest BCUT2D eigenvalue weighted by Gasteiger charge is -2.58. The molecule has 214 valence electrons. The number of allylic oxidation sites excluding steroid dienone is 1. The first kappa shape index (κ1) is 27.1. The summed E-state index contributed by atoms with van der Waals surface area (Å²) in [6.07, 6.45) is 16.9. The molecule has 0 bridgehead atoms. The minimum Gasteiger partial charge on any atom is -0.378 e. The van der Waals surface area contributed by atoms with E-state index in [1.165, 1.54) is 57.8 Å². The highest BCUT2D eigenvalue weighted by Gasteiger charge is 2.59. The Bertz CT molecular complexity index is 819. The summed E-state index contributed by atoms with van der Waals surface area (Å²) < 4.78 is 33.2. The summed E-state index contributed by atoms with van der Waals surface area (Å²) in [6.45, 7) is 11.7. The summed E-state index contributed by atoms with van der Waals surface area (Å²) in [7, 11) is 0. The predicted molar refractivity (Wildman–Crippen MR) is 155 cm³/mol. The molecule has 3 nitrogen and oxygen atoms in total. The van der Waals surface area contributed by atoms with Gasteiger partial charge in [-0.15, -0.1) is 11.6 Å². The lowest BCUT2D eigenvalue weighted by Crippen LogP contribution is -2.51. The monoisotopic (exact) mass is 538 g/mol. The van der Waals surface area contributed by atoms with Crippen molar-refractivity contribution in [2.45, 2.75) is 111 Å². The average Bonchev–Trinajstić information content (AvgIpc) is 3.24. The molecule has 4 aliphatic carbocycles. The Morgan fingerprint density at radius 1 is 0.973 bits per heavy atom. The van der Waals surface area contributed by atoms with Gasteiger partial charge >= 0.3 is 0 Å². The summed E-state index contributed by atoms with van der Waals surface area (Å²) in [4.78, 5) is 0. The Hall–Kier alpha value is -0.0900. The van der Waals surface area contributed by atoms with Gasteiger partial charge in [0.25, 0.3) is 0 Å². The van der Waals surface area contributed by atoms with Gasteiger partial charge in [0.15, 0.2) is 0 Å². The maximum Gasteiger partial charge on any atom is 0.0704 e. The van der Waals surface area contributed by atoms with Crippen LogP contribution in [0.15, 0.2) is 11.6 Å². The van der Waals surface area contributed by atoms with Gasteiger partial charge in [0.1, 0.15) is 0 Å². The van der Waals surface area contributed by atoms with Gasteiger partial charge in [0.05, 0.1) is 41.8 Å². The molecule has 8 atom stereocenters. The van der Waals surface area contributed by atoms with Crippen molar-refractivity contribution in [1.82, 2.24) is 0 Å². The number of halogens is 1. The van der Waals surface area contributed by atoms with E-state index in [0.29, 0.717) is 29.9 Å². The highest BCUT2D eigenvalue weighted by atomic mass is 35.5. The van der Waals surface area contributed by atoms with Gasteiger partial charge in [-0.1, -0.05) is 65.5 Å². The minimum absolute atomic E-state index is 0.0274. The van der Waals surface area contributed by atoms with Crippen molar-refractivity contribution >= 4 is 11.6 Å². The molecular weight excluding hydrogens is 480 g/mol. The highest BCUT2D eigenvalue weighted by molar-refractivity contribution is 6.17. The molecule has 0 unspecified atom stereocenters. The summed E-state index contributed by atoms with van der Waals surface area (Å²) in [6, 6.07) is 0. The molecule has 0 aromatic heterocycles. The van der Waals surface area contributed by atoms with Crippen LogP contribution >= 0.6 is 11.6 Å². The fraction of sp³-hybridized carbons (Fsp3) is 0.939. The van der Waals surface area contributed by atoms with E-state index in [1.54, 1.807) is 5.57 Å². The van der Waals surface area contributed by atoms with Gasteiger partial charge in [0.2, 0.25) is 0 Å². The van der Waals surface area contributed by atoms with Crippen molar-refractivity contribution in [3.05, 3.63) is 11.6 Å². The third kappa shape index (κ3) is 6.80. The van der Waals surface area contributed by atoms with Crippen LogP contribution in [0.4, 0.5) is 0 Å². The second kappa shape index (κ2) is 13.5. The van der Waals surface area contributed by atoms with Gasteiger partial charge in [-0.05, 0) is 97.7 Å². The van der Waals surface area contributed by atoms with Crippen LogP contribution in [0.25, 0.3) is 0 Å². The summed E-state index contributed by atoms with van der Waals surface area (Å²) >= 11 is 5.61. The van der Waals surface area contributed by atoms with E-state index in [2.05, 4.69) is 40.7 Å². The molecule has 3 saturated carbocycles. The summed E-state index contributed by atoms with van der Waals surface area (Å²) in [5.74, 6) is 5.55. The van der Waals surface area contributed by atoms with E-state index in [4.69, 9.17) is 28.6 Å². The lowest BCUT2D eigenvalue weighted by molar-refractivity contribution is -0.0687. The molecule has 0 aromatic carbocycles. The molecule has 0 amide bonds. The first-order valence-electron chi connectivity index (χ1n) is 16.6. The van der Waals surface area contributed by atoms with Crippen LogP contribution in [-0.4, -0.2) is 45.0 Å². The molecule has 0 heterocycles.